The number of rotatable bonds is 9. The first kappa shape index (κ1) is 31.4. The molecule has 5 heterocycles. The maximum Gasteiger partial charge on any atom is 0.257 e. The number of sulfone groups is 1. The van der Waals surface area contributed by atoms with Gasteiger partial charge in [0.2, 0.25) is 5.91 Å². The molecule has 0 bridgehead atoms. The highest BCUT2D eigenvalue weighted by molar-refractivity contribution is 7.90. The van der Waals surface area contributed by atoms with E-state index in [4.69, 9.17) is 18.9 Å². The Morgan fingerprint density at radius 3 is 2.57 bits per heavy atom. The lowest BCUT2D eigenvalue weighted by Crippen LogP contribution is -2.53. The van der Waals surface area contributed by atoms with Crippen LogP contribution in [0.5, 0.6) is 17.4 Å². The molecule has 14 heteroatoms. The van der Waals surface area contributed by atoms with Crippen molar-refractivity contribution in [3.8, 4) is 28.6 Å². The third kappa shape index (κ3) is 7.55. The van der Waals surface area contributed by atoms with Gasteiger partial charge in [-0.1, -0.05) is 0 Å². The third-order valence-corrected chi connectivity index (χ3v) is 8.10. The number of nitrogens with zero attached hydrogens (tertiary/aromatic N) is 4. The maximum atomic E-state index is 12.6. The molecule has 0 atom stereocenters. The highest BCUT2D eigenvalue weighted by Crippen LogP contribution is 2.38. The molecule has 3 aromatic rings. The summed E-state index contributed by atoms with van der Waals surface area (Å²) in [5, 5.41) is 5.73. The van der Waals surface area contributed by atoms with Crippen molar-refractivity contribution in [1.29, 1.82) is 0 Å². The number of nitrogens with one attached hydrogen (secondary N) is 2. The molecule has 0 spiro atoms. The summed E-state index contributed by atoms with van der Waals surface area (Å²) in [6, 6.07) is 8.21. The van der Waals surface area contributed by atoms with E-state index < -0.39 is 15.4 Å². The van der Waals surface area contributed by atoms with Gasteiger partial charge in [-0.2, -0.15) is 0 Å². The molecular formula is C30H38N6O7S. The predicted octanol–water partition coefficient (Wildman–Crippen LogP) is 3.68. The summed E-state index contributed by atoms with van der Waals surface area (Å²) in [5.41, 5.74) is 0.720. The van der Waals surface area contributed by atoms with Gasteiger partial charge in [0.25, 0.3) is 5.88 Å². The van der Waals surface area contributed by atoms with Crippen molar-refractivity contribution >= 4 is 33.1 Å². The summed E-state index contributed by atoms with van der Waals surface area (Å²) in [5.74, 6) is 1.40. The number of hydrogen-bond donors (Lipinski definition) is 2. The molecule has 1 amide bonds. The van der Waals surface area contributed by atoms with Crippen molar-refractivity contribution in [3.63, 3.8) is 0 Å². The van der Waals surface area contributed by atoms with Crippen LogP contribution in [0.25, 0.3) is 11.3 Å². The number of hydrogen-bond acceptors (Lipinski definition) is 12. The fourth-order valence-corrected chi connectivity index (χ4v) is 5.41. The molecule has 1 fully saturated rings. The van der Waals surface area contributed by atoms with E-state index in [-0.39, 0.29) is 28.1 Å². The Hall–Kier alpha value is -4.01. The van der Waals surface area contributed by atoms with Crippen molar-refractivity contribution in [1.82, 2.24) is 19.9 Å². The SMILES string of the molecule is CC(=O)Nc1cc(Nc2cc(OCC(C)(C)N3CCOCC3)cc(S(C)(=O)=O)n2)c(-c2ccc3c(n2)OCC(C)(C)O3)cn1. The van der Waals surface area contributed by atoms with Gasteiger partial charge in [-0.05, 0) is 39.8 Å². The number of morpholine rings is 1. The maximum absolute atomic E-state index is 12.6. The van der Waals surface area contributed by atoms with Gasteiger partial charge in [-0.15, -0.1) is 0 Å². The van der Waals surface area contributed by atoms with Crippen LogP contribution in [0.3, 0.4) is 0 Å². The van der Waals surface area contributed by atoms with Gasteiger partial charge in [0, 0.05) is 61.8 Å². The molecule has 0 unspecified atom stereocenters. The zero-order valence-corrected chi connectivity index (χ0v) is 26.6. The van der Waals surface area contributed by atoms with Gasteiger partial charge in [-0.25, -0.2) is 23.4 Å². The van der Waals surface area contributed by atoms with Gasteiger partial charge in [-0.3, -0.25) is 9.69 Å². The average Bonchev–Trinajstić information content (AvgIpc) is 2.95. The first-order chi connectivity index (χ1) is 20.7. The number of pyridine rings is 3. The second kappa shape index (κ2) is 12.2. The second-order valence-electron chi connectivity index (χ2n) is 12.1. The third-order valence-electron chi connectivity index (χ3n) is 7.13. The van der Waals surface area contributed by atoms with Crippen LogP contribution < -0.4 is 24.8 Å². The van der Waals surface area contributed by atoms with Gasteiger partial charge in [0.15, 0.2) is 20.6 Å². The predicted molar refractivity (Wildman–Crippen MR) is 165 cm³/mol. The molecule has 2 aliphatic heterocycles. The Morgan fingerprint density at radius 1 is 1.11 bits per heavy atom. The largest absolute Gasteiger partial charge is 0.491 e. The fourth-order valence-electron chi connectivity index (χ4n) is 4.82. The first-order valence-corrected chi connectivity index (χ1v) is 16.1. The highest BCUT2D eigenvalue weighted by atomic mass is 32.2. The van der Waals surface area contributed by atoms with E-state index >= 15 is 0 Å². The summed E-state index contributed by atoms with van der Waals surface area (Å²) in [4.78, 5) is 27.5. The van der Waals surface area contributed by atoms with Gasteiger partial charge in [0.1, 0.15) is 36.2 Å². The smallest absolute Gasteiger partial charge is 0.257 e. The first-order valence-electron chi connectivity index (χ1n) is 14.2. The van der Waals surface area contributed by atoms with E-state index in [9.17, 15) is 13.2 Å². The van der Waals surface area contributed by atoms with Crippen molar-refractivity contribution in [3.05, 3.63) is 36.5 Å². The molecule has 13 nitrogen and oxygen atoms in total. The number of carbonyl (C=O) groups excluding carboxylic acids is 1. The lowest BCUT2D eigenvalue weighted by atomic mass is 10.0. The Kier molecular flexibility index (Phi) is 8.69. The van der Waals surface area contributed by atoms with Crippen molar-refractivity contribution in [2.75, 3.05) is 56.4 Å². The Labute approximate surface area is 257 Å². The molecule has 236 valence electrons. The number of fused-ring (bicyclic) bond motifs is 1. The van der Waals surface area contributed by atoms with Crippen LogP contribution in [-0.4, -0.2) is 91.1 Å². The molecule has 0 saturated carbocycles. The summed E-state index contributed by atoms with van der Waals surface area (Å²) in [6.07, 6.45) is 2.65. The average molecular weight is 627 g/mol. The fraction of sp³-hybridized carbons (Fsp3) is 0.467. The molecule has 2 aliphatic rings. The molecule has 44 heavy (non-hydrogen) atoms. The summed E-state index contributed by atoms with van der Waals surface area (Å²) in [7, 11) is -3.69. The van der Waals surface area contributed by atoms with Crippen LogP contribution >= 0.6 is 0 Å². The zero-order valence-electron chi connectivity index (χ0n) is 25.8. The van der Waals surface area contributed by atoms with Crippen LogP contribution in [-0.2, 0) is 19.4 Å². The van der Waals surface area contributed by atoms with Crippen LogP contribution in [0.2, 0.25) is 0 Å². The minimum atomic E-state index is -3.69. The quantitative estimate of drug-likeness (QED) is 0.356. The lowest BCUT2D eigenvalue weighted by Gasteiger charge is -2.40. The minimum absolute atomic E-state index is 0.153. The Morgan fingerprint density at radius 2 is 1.86 bits per heavy atom. The second-order valence-corrected chi connectivity index (χ2v) is 14.0. The summed E-state index contributed by atoms with van der Waals surface area (Å²) in [6.45, 7) is 12.9. The molecule has 2 N–H and O–H groups in total. The van der Waals surface area contributed by atoms with Crippen LogP contribution in [0.4, 0.5) is 17.3 Å². The van der Waals surface area contributed by atoms with Crippen LogP contribution in [0.1, 0.15) is 34.6 Å². The summed E-state index contributed by atoms with van der Waals surface area (Å²) >= 11 is 0. The standard InChI is InChI=1S/C30H38N6O7S/c1-19(37)32-25-15-23(21(16-31-25)22-7-8-24-28(34-22)42-18-30(4,5)43-24)33-26-13-20(14-27(35-26)44(6,38)39)41-17-29(2,3)36-9-11-40-12-10-36/h7-8,13-16H,9-12,17-18H2,1-6H3,(H2,31,32,33,35,37). The van der Waals surface area contributed by atoms with Crippen molar-refractivity contribution < 1.29 is 32.2 Å². The topological polar surface area (TPSA) is 154 Å². The number of anilines is 3. The minimum Gasteiger partial charge on any atom is -0.491 e. The molecule has 1 saturated heterocycles. The molecular weight excluding hydrogens is 588 g/mol. The monoisotopic (exact) mass is 626 g/mol. The zero-order chi connectivity index (χ0) is 31.7. The number of aromatic nitrogens is 3. The number of carbonyl (C=O) groups is 1. The molecule has 0 aliphatic carbocycles. The van der Waals surface area contributed by atoms with E-state index in [0.29, 0.717) is 60.8 Å². The van der Waals surface area contributed by atoms with Gasteiger partial charge < -0.3 is 29.6 Å². The Bertz CT molecular complexity index is 1660. The van der Waals surface area contributed by atoms with E-state index in [1.54, 1.807) is 30.5 Å². The molecule has 0 aromatic carbocycles. The molecule has 5 rings (SSSR count). The lowest BCUT2D eigenvalue weighted by molar-refractivity contribution is -0.114. The van der Waals surface area contributed by atoms with Gasteiger partial charge >= 0.3 is 0 Å². The normalized spacial score (nSPS) is 16.7. The van der Waals surface area contributed by atoms with E-state index in [1.165, 1.54) is 13.0 Å². The van der Waals surface area contributed by atoms with Crippen LogP contribution in [0, 0.1) is 0 Å². The highest BCUT2D eigenvalue weighted by Gasteiger charge is 2.31. The molecule has 0 radical (unpaired) electrons. The molecule has 3 aromatic heterocycles. The van der Waals surface area contributed by atoms with Crippen LogP contribution in [0.15, 0.2) is 41.6 Å². The number of amides is 1. The van der Waals surface area contributed by atoms with E-state index in [0.717, 1.165) is 19.3 Å². The van der Waals surface area contributed by atoms with E-state index in [1.807, 2.05) is 13.8 Å². The number of ether oxygens (including phenoxy) is 4. The van der Waals surface area contributed by atoms with Gasteiger partial charge in [0.05, 0.1) is 24.6 Å². The summed E-state index contributed by atoms with van der Waals surface area (Å²) < 4.78 is 48.7. The van der Waals surface area contributed by atoms with Crippen molar-refractivity contribution in [2.24, 2.45) is 0 Å². The van der Waals surface area contributed by atoms with E-state index in [2.05, 4.69) is 44.3 Å². The van der Waals surface area contributed by atoms with Crippen molar-refractivity contribution in [2.45, 2.75) is 50.8 Å². The Balaban J connectivity index is 1.49.